The van der Waals surface area contributed by atoms with Crippen molar-refractivity contribution in [3.8, 4) is 11.8 Å². The number of esters is 1. The SMILES string of the molecule is C=C1C[C@H](C)C[C@@H]2CC=C[C@@H](CC#CC(=O)O[C@H]([C@@H](O)/C=C/COC)C/C=C/[C@@H](OCOC)C1)O2. The zero-order valence-electron chi connectivity index (χ0n) is 21.2. The molecular formula is C28H40O7. The van der Waals surface area contributed by atoms with E-state index in [0.29, 0.717) is 25.4 Å². The summed E-state index contributed by atoms with van der Waals surface area (Å²) in [6.07, 6.45) is 13.0. The van der Waals surface area contributed by atoms with Crippen LogP contribution in [0.2, 0.25) is 0 Å². The van der Waals surface area contributed by atoms with E-state index >= 15 is 0 Å². The first-order valence-electron chi connectivity index (χ1n) is 12.2. The molecule has 7 heteroatoms. The average molecular weight is 489 g/mol. The van der Waals surface area contributed by atoms with Crippen molar-refractivity contribution >= 4 is 5.97 Å². The monoisotopic (exact) mass is 488 g/mol. The molecule has 0 unspecified atom stereocenters. The van der Waals surface area contributed by atoms with Crippen molar-refractivity contribution in [1.29, 1.82) is 0 Å². The Morgan fingerprint density at radius 1 is 1.23 bits per heavy atom. The Morgan fingerprint density at radius 3 is 2.80 bits per heavy atom. The van der Waals surface area contributed by atoms with Gasteiger partial charge in [-0.2, -0.15) is 0 Å². The van der Waals surface area contributed by atoms with Crippen LogP contribution < -0.4 is 0 Å². The van der Waals surface area contributed by atoms with Crippen LogP contribution in [0.3, 0.4) is 0 Å². The van der Waals surface area contributed by atoms with E-state index in [4.69, 9.17) is 23.7 Å². The summed E-state index contributed by atoms with van der Waals surface area (Å²) in [6, 6.07) is 0. The minimum atomic E-state index is -1.01. The number of fused-ring (bicyclic) bond motifs is 2. The molecule has 0 aromatic heterocycles. The fourth-order valence-electron chi connectivity index (χ4n) is 4.16. The Morgan fingerprint density at radius 2 is 2.03 bits per heavy atom. The van der Waals surface area contributed by atoms with E-state index in [1.54, 1.807) is 26.4 Å². The smallest absolute Gasteiger partial charge is 0.384 e. The Balaban J connectivity index is 2.21. The summed E-state index contributed by atoms with van der Waals surface area (Å²) in [4.78, 5) is 12.4. The van der Waals surface area contributed by atoms with E-state index in [2.05, 4.69) is 31.4 Å². The highest BCUT2D eigenvalue weighted by Gasteiger charge is 2.22. The molecule has 1 N–H and O–H groups in total. The summed E-state index contributed by atoms with van der Waals surface area (Å²) in [5.74, 6) is 5.12. The van der Waals surface area contributed by atoms with Gasteiger partial charge < -0.3 is 28.8 Å². The predicted octanol–water partition coefficient (Wildman–Crippen LogP) is 3.88. The third-order valence-electron chi connectivity index (χ3n) is 5.76. The van der Waals surface area contributed by atoms with E-state index in [9.17, 15) is 9.90 Å². The van der Waals surface area contributed by atoms with Gasteiger partial charge in [0.25, 0.3) is 0 Å². The van der Waals surface area contributed by atoms with Gasteiger partial charge in [0.2, 0.25) is 0 Å². The molecule has 0 radical (unpaired) electrons. The summed E-state index contributed by atoms with van der Waals surface area (Å²) in [7, 11) is 3.14. The number of carbonyl (C=O) groups excluding carboxylic acids is 1. The largest absolute Gasteiger partial charge is 0.449 e. The Bertz CT molecular complexity index is 804. The van der Waals surface area contributed by atoms with Crippen molar-refractivity contribution < 1.29 is 33.6 Å². The molecule has 7 nitrogen and oxygen atoms in total. The maximum Gasteiger partial charge on any atom is 0.384 e. The number of ether oxygens (including phenoxy) is 5. The van der Waals surface area contributed by atoms with Gasteiger partial charge in [-0.15, -0.1) is 0 Å². The lowest BCUT2D eigenvalue weighted by atomic mass is 9.91. The van der Waals surface area contributed by atoms with Crippen LogP contribution in [0.15, 0.2) is 48.6 Å². The second-order valence-electron chi connectivity index (χ2n) is 9.06. The molecule has 0 amide bonds. The number of aliphatic hydroxyl groups is 1. The maximum atomic E-state index is 12.4. The van der Waals surface area contributed by atoms with Gasteiger partial charge in [-0.1, -0.05) is 61.5 Å². The zero-order valence-corrected chi connectivity index (χ0v) is 21.2. The Hall–Kier alpha value is -2.21. The van der Waals surface area contributed by atoms with Crippen LogP contribution >= 0.6 is 0 Å². The summed E-state index contributed by atoms with van der Waals surface area (Å²) in [5.41, 5.74) is 1.09. The molecule has 0 fully saturated rings. The topological polar surface area (TPSA) is 83.5 Å². The van der Waals surface area contributed by atoms with E-state index < -0.39 is 18.2 Å². The van der Waals surface area contributed by atoms with E-state index in [1.807, 2.05) is 18.2 Å². The maximum absolute atomic E-state index is 12.4. The molecule has 2 heterocycles. The van der Waals surface area contributed by atoms with E-state index in [0.717, 1.165) is 24.8 Å². The first kappa shape index (κ1) is 29.0. The molecule has 2 bridgehead atoms. The van der Waals surface area contributed by atoms with Gasteiger partial charge in [0.1, 0.15) is 19.0 Å². The van der Waals surface area contributed by atoms with Crippen molar-refractivity contribution in [3.05, 3.63) is 48.6 Å². The molecule has 2 aliphatic heterocycles. The van der Waals surface area contributed by atoms with Crippen LogP contribution in [0.1, 0.15) is 45.4 Å². The molecule has 0 spiro atoms. The quantitative estimate of drug-likeness (QED) is 0.191. The summed E-state index contributed by atoms with van der Waals surface area (Å²) >= 11 is 0. The highest BCUT2D eigenvalue weighted by molar-refractivity contribution is 5.88. The van der Waals surface area contributed by atoms with E-state index in [1.165, 1.54) is 0 Å². The molecule has 35 heavy (non-hydrogen) atoms. The van der Waals surface area contributed by atoms with Crippen LogP contribution in [0, 0.1) is 17.8 Å². The highest BCUT2D eigenvalue weighted by atomic mass is 16.7. The average Bonchev–Trinajstić information content (AvgIpc) is 2.81. The van der Waals surface area contributed by atoms with Gasteiger partial charge in [0.15, 0.2) is 0 Å². The molecule has 0 saturated carbocycles. The number of rotatable bonds is 7. The molecule has 0 saturated heterocycles. The lowest BCUT2D eigenvalue weighted by molar-refractivity contribution is -0.145. The van der Waals surface area contributed by atoms with Crippen molar-refractivity contribution in [1.82, 2.24) is 0 Å². The van der Waals surface area contributed by atoms with Crippen molar-refractivity contribution in [3.63, 3.8) is 0 Å². The van der Waals surface area contributed by atoms with Crippen LogP contribution in [-0.4, -0.2) is 69.2 Å². The summed E-state index contributed by atoms with van der Waals surface area (Å²) < 4.78 is 27.6. The standard InChI is InChI=1S/C28H40O7/c1-21-17-22(2)19-25-12-5-9-23(34-25)10-7-15-28(30)35-27(26(29)13-8-16-31-3)14-6-11-24(18-21)33-20-32-4/h5-6,8-9,11,13,22-27,29H,1,10,12,14,16-20H2,2-4H3/b11-6+,13-8+/t22-,23-,24+,25-,26-,27-/m0/s1. The summed E-state index contributed by atoms with van der Waals surface area (Å²) in [6.45, 7) is 6.97. The second-order valence-corrected chi connectivity index (χ2v) is 9.06. The molecule has 0 aliphatic carbocycles. The Labute approximate surface area is 209 Å². The van der Waals surface area contributed by atoms with Gasteiger partial charge >= 0.3 is 5.97 Å². The van der Waals surface area contributed by atoms with Crippen molar-refractivity contribution in [2.75, 3.05) is 27.6 Å². The van der Waals surface area contributed by atoms with Crippen molar-refractivity contribution in [2.24, 2.45) is 5.92 Å². The van der Waals surface area contributed by atoms with Gasteiger partial charge in [-0.25, -0.2) is 4.79 Å². The zero-order chi connectivity index (χ0) is 25.5. The van der Waals surface area contributed by atoms with Gasteiger partial charge in [-0.3, -0.25) is 0 Å². The van der Waals surface area contributed by atoms with Gasteiger partial charge in [0, 0.05) is 33.0 Å². The molecule has 194 valence electrons. The fraction of sp³-hybridized carbons (Fsp3) is 0.607. The lowest BCUT2D eigenvalue weighted by Crippen LogP contribution is -2.29. The highest BCUT2D eigenvalue weighted by Crippen LogP contribution is 2.26. The molecule has 0 aromatic carbocycles. The van der Waals surface area contributed by atoms with Crippen LogP contribution in [-0.2, 0) is 28.5 Å². The number of hydrogen-bond acceptors (Lipinski definition) is 7. The third kappa shape index (κ3) is 11.9. The fourth-order valence-corrected chi connectivity index (χ4v) is 4.16. The minimum absolute atomic E-state index is 0.110. The van der Waals surface area contributed by atoms with Crippen molar-refractivity contribution in [2.45, 2.75) is 76.0 Å². The normalized spacial score (nSPS) is 30.6. The van der Waals surface area contributed by atoms with E-state index in [-0.39, 0.29) is 31.5 Å². The number of aliphatic hydroxyl groups excluding tert-OH is 1. The predicted molar refractivity (Wildman–Crippen MR) is 134 cm³/mol. The van der Waals surface area contributed by atoms with Gasteiger partial charge in [0.05, 0.1) is 24.9 Å². The molecular weight excluding hydrogens is 448 g/mol. The second kappa shape index (κ2) is 16.5. The van der Waals surface area contributed by atoms with Crippen LogP contribution in [0.25, 0.3) is 0 Å². The lowest BCUT2D eigenvalue weighted by Gasteiger charge is -2.28. The first-order valence-corrected chi connectivity index (χ1v) is 12.2. The molecule has 0 aromatic rings. The third-order valence-corrected chi connectivity index (χ3v) is 5.76. The number of methoxy groups -OCH3 is 2. The Kier molecular flexibility index (Phi) is 13.6. The number of carbonyl (C=O) groups is 1. The summed E-state index contributed by atoms with van der Waals surface area (Å²) in [5, 5.41) is 10.6. The number of cyclic esters (lactones) is 1. The van der Waals surface area contributed by atoms with Crippen LogP contribution in [0.5, 0.6) is 0 Å². The minimum Gasteiger partial charge on any atom is -0.449 e. The van der Waals surface area contributed by atoms with Crippen LogP contribution in [0.4, 0.5) is 0 Å². The molecule has 2 aliphatic rings. The molecule has 6 atom stereocenters. The first-order chi connectivity index (χ1) is 16.9. The van der Waals surface area contributed by atoms with Gasteiger partial charge in [-0.05, 0) is 31.6 Å². The number of hydrogen-bond donors (Lipinski definition) is 1. The molecule has 2 rings (SSSR count).